The molecular formula is C32H27FO7S. The number of halogens is 1. The summed E-state index contributed by atoms with van der Waals surface area (Å²) in [6.07, 6.45) is 1.74. The molecule has 0 fully saturated rings. The lowest BCUT2D eigenvalue weighted by Gasteiger charge is -2.07. The molecule has 0 heterocycles. The number of aryl methyl sites for hydroxylation is 1. The van der Waals surface area contributed by atoms with E-state index in [-0.39, 0.29) is 24.9 Å². The predicted molar refractivity (Wildman–Crippen MR) is 153 cm³/mol. The van der Waals surface area contributed by atoms with Gasteiger partial charge in [0.2, 0.25) is 10.9 Å². The third-order valence-electron chi connectivity index (χ3n) is 5.33. The van der Waals surface area contributed by atoms with E-state index in [0.717, 1.165) is 39.6 Å². The first-order valence-corrected chi connectivity index (χ1v) is 13.3. The highest BCUT2D eigenvalue weighted by molar-refractivity contribution is 8.14. The summed E-state index contributed by atoms with van der Waals surface area (Å²) in [5, 5.41) is -0.109. The van der Waals surface area contributed by atoms with Gasteiger partial charge in [0.05, 0.1) is 6.26 Å². The van der Waals surface area contributed by atoms with Crippen molar-refractivity contribution in [3.63, 3.8) is 0 Å². The molecule has 3 rings (SSSR count). The number of benzene rings is 3. The van der Waals surface area contributed by atoms with E-state index in [1.807, 2.05) is 19.1 Å². The summed E-state index contributed by atoms with van der Waals surface area (Å²) in [6, 6.07) is 19.3. The van der Waals surface area contributed by atoms with E-state index in [0.29, 0.717) is 23.5 Å². The molecule has 0 amide bonds. The SMILES string of the molecule is C=COC(=O)COc1ccc(SC(=O)c2ccc(C#Cc3ccc(OCCOC(=O)C(=C)F)cc3)c(CC)c2)cc1. The van der Waals surface area contributed by atoms with Gasteiger partial charge in [0.1, 0.15) is 24.7 Å². The van der Waals surface area contributed by atoms with Gasteiger partial charge < -0.3 is 18.9 Å². The van der Waals surface area contributed by atoms with Gasteiger partial charge in [-0.25, -0.2) is 9.59 Å². The van der Waals surface area contributed by atoms with Crippen LogP contribution in [-0.4, -0.2) is 36.9 Å². The summed E-state index contributed by atoms with van der Waals surface area (Å²) in [7, 11) is 0. The maximum atomic E-state index is 12.9. The minimum absolute atomic E-state index is 0.0708. The minimum atomic E-state index is -1.15. The molecule has 9 heteroatoms. The van der Waals surface area contributed by atoms with Crippen LogP contribution in [0.5, 0.6) is 11.5 Å². The van der Waals surface area contributed by atoms with Gasteiger partial charge in [0, 0.05) is 21.6 Å². The molecule has 0 saturated heterocycles. The van der Waals surface area contributed by atoms with Crippen molar-refractivity contribution < 1.29 is 37.7 Å². The lowest BCUT2D eigenvalue weighted by atomic mass is 10.0. The number of ether oxygens (including phenoxy) is 4. The topological polar surface area (TPSA) is 88.1 Å². The summed E-state index contributed by atoms with van der Waals surface area (Å²) < 4.78 is 32.6. The van der Waals surface area contributed by atoms with Gasteiger partial charge in [-0.3, -0.25) is 4.79 Å². The highest BCUT2D eigenvalue weighted by Gasteiger charge is 2.11. The molecule has 0 bridgehead atoms. The Balaban J connectivity index is 1.56. The van der Waals surface area contributed by atoms with Crippen molar-refractivity contribution in [3.05, 3.63) is 114 Å². The first-order chi connectivity index (χ1) is 19.8. The highest BCUT2D eigenvalue weighted by atomic mass is 32.2. The van der Waals surface area contributed by atoms with Crippen molar-refractivity contribution in [2.75, 3.05) is 19.8 Å². The maximum absolute atomic E-state index is 12.9. The second-order valence-corrected chi connectivity index (χ2v) is 9.24. The Hall–Kier alpha value is -4.81. The zero-order valence-corrected chi connectivity index (χ0v) is 23.1. The van der Waals surface area contributed by atoms with Gasteiger partial charge in [0.25, 0.3) is 0 Å². The van der Waals surface area contributed by atoms with E-state index < -0.39 is 17.8 Å². The fraction of sp³-hybridized carbons (Fsp3) is 0.156. The Bertz CT molecular complexity index is 1470. The fourth-order valence-electron chi connectivity index (χ4n) is 3.32. The normalized spacial score (nSPS) is 10.0. The second-order valence-electron chi connectivity index (χ2n) is 8.20. The number of carbonyl (C=O) groups is 3. The largest absolute Gasteiger partial charge is 0.490 e. The highest BCUT2D eigenvalue weighted by Crippen LogP contribution is 2.26. The van der Waals surface area contributed by atoms with Crippen LogP contribution in [-0.2, 0) is 25.5 Å². The molecule has 0 saturated carbocycles. The molecule has 0 spiro atoms. The maximum Gasteiger partial charge on any atom is 0.366 e. The van der Waals surface area contributed by atoms with Gasteiger partial charge >= 0.3 is 11.9 Å². The average Bonchev–Trinajstić information content (AvgIpc) is 2.98. The predicted octanol–water partition coefficient (Wildman–Crippen LogP) is 6.05. The molecule has 0 aromatic heterocycles. The van der Waals surface area contributed by atoms with Gasteiger partial charge in [-0.05, 0) is 90.5 Å². The quantitative estimate of drug-likeness (QED) is 0.0645. The lowest BCUT2D eigenvalue weighted by molar-refractivity contribution is -0.141. The summed E-state index contributed by atoms with van der Waals surface area (Å²) >= 11 is 1.09. The van der Waals surface area contributed by atoms with Crippen LogP contribution in [0.2, 0.25) is 0 Å². The Morgan fingerprint density at radius 1 is 0.927 bits per heavy atom. The van der Waals surface area contributed by atoms with Crippen LogP contribution in [0.1, 0.15) is 34.0 Å². The Morgan fingerprint density at radius 2 is 1.61 bits per heavy atom. The number of hydrogen-bond acceptors (Lipinski definition) is 8. The molecule has 7 nitrogen and oxygen atoms in total. The molecule has 0 aliphatic heterocycles. The number of rotatable bonds is 12. The van der Waals surface area contributed by atoms with Crippen LogP contribution < -0.4 is 9.47 Å². The van der Waals surface area contributed by atoms with Crippen LogP contribution in [0.3, 0.4) is 0 Å². The molecule has 0 unspecified atom stereocenters. The summed E-state index contributed by atoms with van der Waals surface area (Å²) in [5.41, 5.74) is 3.10. The first-order valence-electron chi connectivity index (χ1n) is 12.4. The van der Waals surface area contributed by atoms with Crippen molar-refractivity contribution in [2.45, 2.75) is 18.2 Å². The smallest absolute Gasteiger partial charge is 0.366 e. The zero-order valence-electron chi connectivity index (χ0n) is 22.3. The molecular weight excluding hydrogens is 547 g/mol. The Morgan fingerprint density at radius 3 is 2.27 bits per heavy atom. The minimum Gasteiger partial charge on any atom is -0.490 e. The molecule has 0 aliphatic rings. The van der Waals surface area contributed by atoms with Gasteiger partial charge in [-0.2, -0.15) is 4.39 Å². The van der Waals surface area contributed by atoms with Crippen molar-refractivity contribution in [1.82, 2.24) is 0 Å². The summed E-state index contributed by atoms with van der Waals surface area (Å²) in [6.45, 7) is 7.91. The molecule has 210 valence electrons. The van der Waals surface area contributed by atoms with E-state index in [9.17, 15) is 18.8 Å². The molecule has 3 aromatic rings. The molecule has 41 heavy (non-hydrogen) atoms. The molecule has 3 aromatic carbocycles. The fourth-order valence-corrected chi connectivity index (χ4v) is 4.05. The Labute approximate surface area is 242 Å². The van der Waals surface area contributed by atoms with E-state index in [1.165, 1.54) is 0 Å². The summed E-state index contributed by atoms with van der Waals surface area (Å²) in [5.74, 6) is 4.49. The zero-order chi connectivity index (χ0) is 29.6. The summed E-state index contributed by atoms with van der Waals surface area (Å²) in [4.78, 5) is 36.0. The van der Waals surface area contributed by atoms with Crippen molar-refractivity contribution in [1.29, 1.82) is 0 Å². The third kappa shape index (κ3) is 10.0. The monoisotopic (exact) mass is 574 g/mol. The van der Waals surface area contributed by atoms with Crippen LogP contribution >= 0.6 is 11.8 Å². The van der Waals surface area contributed by atoms with E-state index >= 15 is 0 Å². The molecule has 0 atom stereocenters. The number of carbonyl (C=O) groups excluding carboxylic acids is 3. The van der Waals surface area contributed by atoms with Crippen LogP contribution in [0.25, 0.3) is 0 Å². The molecule has 0 N–H and O–H groups in total. The Kier molecular flexibility index (Phi) is 11.8. The van der Waals surface area contributed by atoms with Gasteiger partial charge in [-0.1, -0.05) is 31.9 Å². The first kappa shape index (κ1) is 30.7. The number of esters is 2. The second kappa shape index (κ2) is 15.7. The standard InChI is InChI=1S/C32H27FO7S/c1-4-24-20-26(32(36)41-29-16-14-28(15-17-29)40-21-30(34)37-5-2)11-10-25(24)9-6-23-7-12-27(13-8-23)38-18-19-39-31(35)22(3)33/h5,7-8,10-17,20H,2-4,18-19,21H2,1H3. The number of thioether (sulfide) groups is 1. The van der Waals surface area contributed by atoms with Crippen molar-refractivity contribution in [2.24, 2.45) is 0 Å². The van der Waals surface area contributed by atoms with E-state index in [1.54, 1.807) is 54.6 Å². The molecule has 0 radical (unpaired) electrons. The van der Waals surface area contributed by atoms with E-state index in [4.69, 9.17) is 9.47 Å². The van der Waals surface area contributed by atoms with Crippen molar-refractivity contribution in [3.8, 4) is 23.3 Å². The van der Waals surface area contributed by atoms with Crippen LogP contribution in [0.4, 0.5) is 4.39 Å². The van der Waals surface area contributed by atoms with E-state index in [2.05, 4.69) is 34.5 Å². The van der Waals surface area contributed by atoms with Crippen LogP contribution in [0, 0.1) is 11.8 Å². The van der Waals surface area contributed by atoms with Gasteiger partial charge in [0.15, 0.2) is 6.61 Å². The van der Waals surface area contributed by atoms with Crippen molar-refractivity contribution >= 4 is 28.8 Å². The number of hydrogen-bond donors (Lipinski definition) is 0. The van der Waals surface area contributed by atoms with Gasteiger partial charge in [-0.15, -0.1) is 0 Å². The average molecular weight is 575 g/mol. The van der Waals surface area contributed by atoms with Crippen LogP contribution in [0.15, 0.2) is 96.9 Å². The molecule has 0 aliphatic carbocycles. The third-order valence-corrected chi connectivity index (χ3v) is 6.26. The lowest BCUT2D eigenvalue weighted by Crippen LogP contribution is -2.12.